The van der Waals surface area contributed by atoms with E-state index >= 15 is 0 Å². The maximum atomic E-state index is 13.0. The smallest absolute Gasteiger partial charge is 0.257 e. The van der Waals surface area contributed by atoms with Crippen molar-refractivity contribution < 1.29 is 14.3 Å². The first-order valence-corrected chi connectivity index (χ1v) is 11.0. The van der Waals surface area contributed by atoms with Gasteiger partial charge in [-0.15, -0.1) is 0 Å². The van der Waals surface area contributed by atoms with Crippen molar-refractivity contribution in [1.29, 1.82) is 0 Å². The molecule has 2 amide bonds. The lowest BCUT2D eigenvalue weighted by molar-refractivity contribution is 0.0786. The number of anilines is 1. The highest BCUT2D eigenvalue weighted by molar-refractivity contribution is 7.80. The number of para-hydroxylation sites is 1. The molecule has 0 spiro atoms. The van der Waals surface area contributed by atoms with Crippen molar-refractivity contribution >= 4 is 34.8 Å². The molecule has 0 fully saturated rings. The van der Waals surface area contributed by atoms with Gasteiger partial charge in [-0.1, -0.05) is 42.5 Å². The molecule has 0 radical (unpaired) electrons. The third-order valence-electron chi connectivity index (χ3n) is 4.73. The monoisotopic (exact) mass is 461 g/mol. The van der Waals surface area contributed by atoms with Gasteiger partial charge in [-0.25, -0.2) is 0 Å². The van der Waals surface area contributed by atoms with Crippen molar-refractivity contribution in [1.82, 2.24) is 10.2 Å². The Hall–Kier alpha value is -3.71. The molecule has 0 unspecified atom stereocenters. The molecular formula is C26H27N3O3S. The zero-order chi connectivity index (χ0) is 23.8. The van der Waals surface area contributed by atoms with Crippen LogP contribution in [-0.2, 0) is 6.54 Å². The molecule has 170 valence electrons. The Bertz CT molecular complexity index is 1120. The lowest BCUT2D eigenvalue weighted by Crippen LogP contribution is -2.35. The molecule has 0 aliphatic carbocycles. The van der Waals surface area contributed by atoms with Crippen LogP contribution in [0.25, 0.3) is 0 Å². The van der Waals surface area contributed by atoms with Crippen LogP contribution >= 0.6 is 12.2 Å². The highest BCUT2D eigenvalue weighted by atomic mass is 32.1. The summed E-state index contributed by atoms with van der Waals surface area (Å²) < 4.78 is 5.60. The third kappa shape index (κ3) is 6.89. The summed E-state index contributed by atoms with van der Waals surface area (Å²) in [6.07, 6.45) is 0.0518. The lowest BCUT2D eigenvalue weighted by atomic mass is 10.1. The molecule has 0 aliphatic heterocycles. The van der Waals surface area contributed by atoms with Gasteiger partial charge in [0.15, 0.2) is 5.11 Å². The molecule has 0 heterocycles. The minimum atomic E-state index is -0.353. The topological polar surface area (TPSA) is 70.7 Å². The fourth-order valence-electron chi connectivity index (χ4n) is 3.20. The van der Waals surface area contributed by atoms with Crippen molar-refractivity contribution in [2.75, 3.05) is 12.4 Å². The number of nitrogens with zero attached hydrogens (tertiary/aromatic N) is 1. The first kappa shape index (κ1) is 23.9. The van der Waals surface area contributed by atoms with E-state index in [0.29, 0.717) is 29.1 Å². The number of nitrogens with one attached hydrogen (secondary N) is 2. The number of carbonyl (C=O) groups excluding carboxylic acids is 2. The summed E-state index contributed by atoms with van der Waals surface area (Å²) >= 11 is 5.32. The predicted molar refractivity (Wildman–Crippen MR) is 135 cm³/mol. The Kier molecular flexibility index (Phi) is 8.16. The normalized spacial score (nSPS) is 10.4. The number of ether oxygens (including phenoxy) is 1. The van der Waals surface area contributed by atoms with Crippen LogP contribution in [0.5, 0.6) is 5.75 Å². The Balaban J connectivity index is 1.64. The van der Waals surface area contributed by atoms with Crippen molar-refractivity contribution in [2.45, 2.75) is 26.5 Å². The molecule has 3 rings (SSSR count). The first-order valence-electron chi connectivity index (χ1n) is 10.6. The van der Waals surface area contributed by atoms with E-state index in [4.69, 9.17) is 17.0 Å². The first-order chi connectivity index (χ1) is 15.8. The summed E-state index contributed by atoms with van der Waals surface area (Å²) in [4.78, 5) is 27.2. The van der Waals surface area contributed by atoms with Gasteiger partial charge in [-0.3, -0.25) is 14.9 Å². The van der Waals surface area contributed by atoms with E-state index in [0.717, 1.165) is 5.56 Å². The summed E-state index contributed by atoms with van der Waals surface area (Å²) in [6, 6.07) is 23.6. The largest absolute Gasteiger partial charge is 0.491 e. The molecule has 3 aromatic carbocycles. The zero-order valence-corrected chi connectivity index (χ0v) is 19.7. The minimum absolute atomic E-state index is 0.0518. The van der Waals surface area contributed by atoms with E-state index in [9.17, 15) is 9.59 Å². The molecule has 7 heteroatoms. The van der Waals surface area contributed by atoms with E-state index in [-0.39, 0.29) is 23.0 Å². The van der Waals surface area contributed by atoms with Crippen molar-refractivity contribution in [3.8, 4) is 5.75 Å². The Labute approximate surface area is 199 Å². The summed E-state index contributed by atoms with van der Waals surface area (Å²) in [5.41, 5.74) is 2.46. The van der Waals surface area contributed by atoms with Gasteiger partial charge in [0.05, 0.1) is 17.4 Å². The second-order valence-corrected chi connectivity index (χ2v) is 8.20. The standard InChI is InChI=1S/C26H27N3O3S/c1-18(2)32-21-15-13-20(14-16-21)24(30)28-26(33)27-23-12-8-7-11-22(23)25(31)29(3)17-19-9-5-4-6-10-19/h4-16,18H,17H2,1-3H3,(H2,27,28,30,33). The van der Waals surface area contributed by atoms with Crippen molar-refractivity contribution in [3.05, 3.63) is 95.6 Å². The highest BCUT2D eigenvalue weighted by Gasteiger charge is 2.17. The van der Waals surface area contributed by atoms with Crippen LogP contribution < -0.4 is 15.4 Å². The summed E-state index contributed by atoms with van der Waals surface area (Å²) in [6.45, 7) is 4.35. The van der Waals surface area contributed by atoms with Gasteiger partial charge in [-0.05, 0) is 68.0 Å². The Morgan fingerprint density at radius 2 is 1.58 bits per heavy atom. The number of hydrogen-bond donors (Lipinski definition) is 2. The van der Waals surface area contributed by atoms with Gasteiger partial charge in [0.2, 0.25) is 0 Å². The summed E-state index contributed by atoms with van der Waals surface area (Å²) in [7, 11) is 1.75. The van der Waals surface area contributed by atoms with Crippen molar-refractivity contribution in [2.24, 2.45) is 0 Å². The highest BCUT2D eigenvalue weighted by Crippen LogP contribution is 2.18. The molecule has 0 atom stereocenters. The van der Waals surface area contributed by atoms with E-state index in [2.05, 4.69) is 10.6 Å². The van der Waals surface area contributed by atoms with E-state index in [1.807, 2.05) is 44.2 Å². The van der Waals surface area contributed by atoms with Crippen LogP contribution in [0.15, 0.2) is 78.9 Å². The van der Waals surface area contributed by atoms with Gasteiger partial charge in [-0.2, -0.15) is 0 Å². The van der Waals surface area contributed by atoms with Gasteiger partial charge < -0.3 is 15.0 Å². The minimum Gasteiger partial charge on any atom is -0.491 e. The maximum Gasteiger partial charge on any atom is 0.257 e. The predicted octanol–water partition coefficient (Wildman–Crippen LogP) is 4.87. The van der Waals surface area contributed by atoms with Crippen LogP contribution in [0.1, 0.15) is 40.1 Å². The summed E-state index contributed by atoms with van der Waals surface area (Å²) in [5, 5.41) is 5.74. The molecule has 2 N–H and O–H groups in total. The Morgan fingerprint density at radius 1 is 0.939 bits per heavy atom. The second-order valence-electron chi connectivity index (χ2n) is 7.79. The molecule has 0 aliphatic rings. The van der Waals surface area contributed by atoms with Gasteiger partial charge in [0.1, 0.15) is 5.75 Å². The van der Waals surface area contributed by atoms with Crippen LogP contribution in [0.2, 0.25) is 0 Å². The molecule has 6 nitrogen and oxygen atoms in total. The molecule has 33 heavy (non-hydrogen) atoms. The molecule has 0 bridgehead atoms. The van der Waals surface area contributed by atoms with Crippen LogP contribution in [0.3, 0.4) is 0 Å². The second kappa shape index (κ2) is 11.2. The number of benzene rings is 3. The number of amides is 2. The van der Waals surface area contributed by atoms with E-state index in [1.54, 1.807) is 60.5 Å². The van der Waals surface area contributed by atoms with Gasteiger partial charge in [0.25, 0.3) is 11.8 Å². The fraction of sp³-hybridized carbons (Fsp3) is 0.192. The quantitative estimate of drug-likeness (QED) is 0.491. The number of carbonyl (C=O) groups is 2. The molecule has 0 aromatic heterocycles. The fourth-order valence-corrected chi connectivity index (χ4v) is 3.40. The Morgan fingerprint density at radius 3 is 2.24 bits per heavy atom. The summed E-state index contributed by atoms with van der Waals surface area (Å²) in [5.74, 6) is 0.180. The van der Waals surface area contributed by atoms with E-state index in [1.165, 1.54) is 0 Å². The van der Waals surface area contributed by atoms with Crippen LogP contribution in [0.4, 0.5) is 5.69 Å². The van der Waals surface area contributed by atoms with Gasteiger partial charge in [0, 0.05) is 19.2 Å². The molecule has 0 saturated carbocycles. The third-order valence-corrected chi connectivity index (χ3v) is 4.93. The lowest BCUT2D eigenvalue weighted by Gasteiger charge is -2.20. The molecule has 3 aromatic rings. The van der Waals surface area contributed by atoms with E-state index < -0.39 is 0 Å². The number of hydrogen-bond acceptors (Lipinski definition) is 4. The average Bonchev–Trinajstić information content (AvgIpc) is 2.79. The van der Waals surface area contributed by atoms with Gasteiger partial charge >= 0.3 is 0 Å². The van der Waals surface area contributed by atoms with Crippen LogP contribution in [-0.4, -0.2) is 35.0 Å². The molecule has 0 saturated heterocycles. The SMILES string of the molecule is CC(C)Oc1ccc(C(=O)NC(=S)Nc2ccccc2C(=O)N(C)Cc2ccccc2)cc1. The average molecular weight is 462 g/mol. The van der Waals surface area contributed by atoms with Crippen LogP contribution in [0, 0.1) is 0 Å². The number of rotatable bonds is 7. The zero-order valence-electron chi connectivity index (χ0n) is 18.9. The number of thiocarbonyl (C=S) groups is 1. The molecular weight excluding hydrogens is 434 g/mol. The maximum absolute atomic E-state index is 13.0. The van der Waals surface area contributed by atoms with Crippen molar-refractivity contribution in [3.63, 3.8) is 0 Å².